The zero-order valence-electron chi connectivity index (χ0n) is 20.7. The van der Waals surface area contributed by atoms with E-state index in [1.165, 1.54) is 16.0 Å². The van der Waals surface area contributed by atoms with Gasteiger partial charge in [-0.15, -0.1) is 11.3 Å². The maximum atomic E-state index is 13.3. The summed E-state index contributed by atoms with van der Waals surface area (Å²) in [5.74, 6) is 0.903. The number of aryl methyl sites for hydroxylation is 5. The van der Waals surface area contributed by atoms with Crippen LogP contribution in [0.1, 0.15) is 40.2 Å². The summed E-state index contributed by atoms with van der Waals surface area (Å²) in [5.41, 5.74) is 4.78. The normalized spacial score (nSPS) is 15.5. The third-order valence-electron chi connectivity index (χ3n) is 6.89. The van der Waals surface area contributed by atoms with Crippen LogP contribution in [0.2, 0.25) is 0 Å². The van der Waals surface area contributed by atoms with Gasteiger partial charge < -0.3 is 10.1 Å². The van der Waals surface area contributed by atoms with Crippen molar-refractivity contribution in [3.8, 4) is 5.75 Å². The second-order valence-electron chi connectivity index (χ2n) is 9.43. The molecular formula is C27H33N5O2S. The summed E-state index contributed by atoms with van der Waals surface area (Å²) in [6, 6.07) is 10.8. The fraction of sp³-hybridized carbons (Fsp3) is 0.444. The molecule has 8 heteroatoms. The van der Waals surface area contributed by atoms with E-state index < -0.39 is 0 Å². The van der Waals surface area contributed by atoms with Crippen LogP contribution >= 0.6 is 11.3 Å². The van der Waals surface area contributed by atoms with Gasteiger partial charge in [0.2, 0.25) is 0 Å². The van der Waals surface area contributed by atoms with E-state index in [0.717, 1.165) is 72.5 Å². The first-order valence-corrected chi connectivity index (χ1v) is 13.2. The monoisotopic (exact) mass is 491 g/mol. The van der Waals surface area contributed by atoms with Crippen LogP contribution in [-0.2, 0) is 32.4 Å². The van der Waals surface area contributed by atoms with Crippen LogP contribution in [0.5, 0.6) is 5.75 Å². The van der Waals surface area contributed by atoms with Crippen molar-refractivity contribution in [1.82, 2.24) is 24.6 Å². The van der Waals surface area contributed by atoms with Crippen molar-refractivity contribution in [1.29, 1.82) is 0 Å². The van der Waals surface area contributed by atoms with Gasteiger partial charge >= 0.3 is 0 Å². The van der Waals surface area contributed by atoms with Crippen LogP contribution < -0.4 is 15.6 Å². The van der Waals surface area contributed by atoms with Crippen LogP contribution in [0.3, 0.4) is 0 Å². The van der Waals surface area contributed by atoms with Crippen molar-refractivity contribution in [2.45, 2.75) is 65.1 Å². The Morgan fingerprint density at radius 2 is 2.11 bits per heavy atom. The van der Waals surface area contributed by atoms with Gasteiger partial charge in [0, 0.05) is 29.7 Å². The molecule has 3 aromatic heterocycles. The predicted octanol–water partition coefficient (Wildman–Crippen LogP) is 4.06. The molecule has 4 aromatic rings. The molecule has 0 saturated heterocycles. The highest BCUT2D eigenvalue weighted by Crippen LogP contribution is 2.33. The molecule has 0 unspecified atom stereocenters. The first-order valence-electron chi connectivity index (χ1n) is 12.4. The lowest BCUT2D eigenvalue weighted by molar-refractivity contribution is 0.414. The molecule has 0 spiro atoms. The van der Waals surface area contributed by atoms with Crippen molar-refractivity contribution in [3.63, 3.8) is 0 Å². The zero-order chi connectivity index (χ0) is 24.4. The smallest absolute Gasteiger partial charge is 0.262 e. The molecule has 184 valence electrons. The lowest BCUT2D eigenvalue weighted by atomic mass is 9.93. The number of hydrogen-bond acceptors (Lipinski definition) is 6. The molecule has 0 radical (unpaired) electrons. The largest absolute Gasteiger partial charge is 0.497 e. The Bertz CT molecular complexity index is 1390. The van der Waals surface area contributed by atoms with Gasteiger partial charge in [-0.25, -0.2) is 4.98 Å². The number of ether oxygens (including phenoxy) is 1. The minimum atomic E-state index is 0.102. The summed E-state index contributed by atoms with van der Waals surface area (Å²) in [5, 5.41) is 9.08. The van der Waals surface area contributed by atoms with Crippen molar-refractivity contribution >= 4 is 21.6 Å². The lowest BCUT2D eigenvalue weighted by Crippen LogP contribution is -2.35. The standard InChI is InChI=1S/C27H33N5O2S/c1-18-14-19(2)32(30-18)13-5-12-31-17-29-26-25(27(31)33)23-9-8-21(16-24(23)35-26)28-11-10-20-6-4-7-22(15-20)34-3/h4,6-7,14-15,17,21,28H,5,8-13,16H2,1-3H3/t21-/m1/s1. The highest BCUT2D eigenvalue weighted by molar-refractivity contribution is 7.18. The quantitative estimate of drug-likeness (QED) is 0.382. The Balaban J connectivity index is 1.22. The Morgan fingerprint density at radius 3 is 2.91 bits per heavy atom. The third kappa shape index (κ3) is 5.18. The fourth-order valence-electron chi connectivity index (χ4n) is 5.08. The minimum Gasteiger partial charge on any atom is -0.497 e. The van der Waals surface area contributed by atoms with Gasteiger partial charge in [0.15, 0.2) is 0 Å². The van der Waals surface area contributed by atoms with Crippen molar-refractivity contribution in [2.24, 2.45) is 0 Å². The first-order chi connectivity index (χ1) is 17.0. The number of methoxy groups -OCH3 is 1. The molecule has 1 aliphatic carbocycles. The lowest BCUT2D eigenvalue weighted by Gasteiger charge is -2.23. The van der Waals surface area contributed by atoms with Crippen molar-refractivity contribution in [2.75, 3.05) is 13.7 Å². The van der Waals surface area contributed by atoms with Crippen LogP contribution in [0.15, 0.2) is 41.5 Å². The van der Waals surface area contributed by atoms with Gasteiger partial charge in [-0.05, 0) is 81.8 Å². The average Bonchev–Trinajstić information content (AvgIpc) is 3.39. The van der Waals surface area contributed by atoms with Crippen molar-refractivity contribution < 1.29 is 4.74 Å². The van der Waals surface area contributed by atoms with E-state index in [9.17, 15) is 4.79 Å². The molecule has 1 aliphatic rings. The average molecular weight is 492 g/mol. The highest BCUT2D eigenvalue weighted by atomic mass is 32.1. The number of nitrogens with zero attached hydrogens (tertiary/aromatic N) is 4. The molecule has 1 N–H and O–H groups in total. The Hall–Kier alpha value is -2.97. The van der Waals surface area contributed by atoms with Gasteiger partial charge in [-0.2, -0.15) is 5.10 Å². The summed E-state index contributed by atoms with van der Waals surface area (Å²) >= 11 is 1.69. The maximum Gasteiger partial charge on any atom is 0.262 e. The topological polar surface area (TPSA) is 74.0 Å². The molecule has 0 bridgehead atoms. The van der Waals surface area contributed by atoms with E-state index in [2.05, 4.69) is 40.5 Å². The number of fused-ring (bicyclic) bond motifs is 3. The van der Waals surface area contributed by atoms with E-state index in [1.807, 2.05) is 23.7 Å². The molecular weight excluding hydrogens is 458 g/mol. The van der Waals surface area contributed by atoms with E-state index >= 15 is 0 Å². The number of hydrogen-bond donors (Lipinski definition) is 1. The Kier molecular flexibility index (Phi) is 7.02. The van der Waals surface area contributed by atoms with E-state index in [4.69, 9.17) is 4.74 Å². The van der Waals surface area contributed by atoms with E-state index in [0.29, 0.717) is 12.6 Å². The van der Waals surface area contributed by atoms with Gasteiger partial charge in [0.05, 0.1) is 24.5 Å². The molecule has 0 aliphatic heterocycles. The summed E-state index contributed by atoms with van der Waals surface area (Å²) in [7, 11) is 1.70. The van der Waals surface area contributed by atoms with Gasteiger partial charge in [-0.1, -0.05) is 12.1 Å². The number of aromatic nitrogens is 4. The molecule has 3 heterocycles. The number of benzene rings is 1. The van der Waals surface area contributed by atoms with Crippen LogP contribution in [0, 0.1) is 13.8 Å². The first kappa shape index (κ1) is 23.8. The van der Waals surface area contributed by atoms with Crippen molar-refractivity contribution in [3.05, 3.63) is 74.4 Å². The highest BCUT2D eigenvalue weighted by Gasteiger charge is 2.25. The SMILES string of the molecule is COc1cccc(CCN[C@@H]2CCc3c(sc4ncn(CCCn5nc(C)cc5C)c(=O)c34)C2)c1. The van der Waals surface area contributed by atoms with Gasteiger partial charge in [-0.3, -0.25) is 14.0 Å². The molecule has 0 fully saturated rings. The minimum absolute atomic E-state index is 0.102. The van der Waals surface area contributed by atoms with Gasteiger partial charge in [0.25, 0.3) is 5.56 Å². The summed E-state index contributed by atoms with van der Waals surface area (Å²) in [4.78, 5) is 20.2. The number of rotatable bonds is 9. The molecule has 7 nitrogen and oxygen atoms in total. The zero-order valence-corrected chi connectivity index (χ0v) is 21.5. The van der Waals surface area contributed by atoms with Gasteiger partial charge in [0.1, 0.15) is 10.6 Å². The second kappa shape index (κ2) is 10.3. The Morgan fingerprint density at radius 1 is 1.23 bits per heavy atom. The van der Waals surface area contributed by atoms with Crippen LogP contribution in [0.25, 0.3) is 10.2 Å². The molecule has 1 aromatic carbocycles. The Labute approximate surface area is 209 Å². The molecule has 35 heavy (non-hydrogen) atoms. The maximum absolute atomic E-state index is 13.3. The van der Waals surface area contributed by atoms with Crippen LogP contribution in [0.4, 0.5) is 0 Å². The molecule has 0 saturated carbocycles. The van der Waals surface area contributed by atoms with Crippen LogP contribution in [-0.4, -0.2) is 39.0 Å². The number of nitrogens with one attached hydrogen (secondary N) is 1. The molecule has 0 amide bonds. The molecule has 1 atom stereocenters. The summed E-state index contributed by atoms with van der Waals surface area (Å²) < 4.78 is 9.12. The number of thiophene rings is 1. The third-order valence-corrected chi connectivity index (χ3v) is 8.05. The second-order valence-corrected chi connectivity index (χ2v) is 10.5. The van der Waals surface area contributed by atoms with E-state index in [1.54, 1.807) is 29.3 Å². The predicted molar refractivity (Wildman–Crippen MR) is 141 cm³/mol. The summed E-state index contributed by atoms with van der Waals surface area (Å²) in [6.45, 7) is 6.46. The molecule has 5 rings (SSSR count). The van der Waals surface area contributed by atoms with E-state index in [-0.39, 0.29) is 5.56 Å². The summed E-state index contributed by atoms with van der Waals surface area (Å²) in [6.07, 6.45) is 6.48. The fourth-order valence-corrected chi connectivity index (χ4v) is 6.33.